The van der Waals surface area contributed by atoms with Gasteiger partial charge in [-0.05, 0) is 86.0 Å². The summed E-state index contributed by atoms with van der Waals surface area (Å²) >= 11 is 0. The number of likely N-dealkylation sites (tertiary alicyclic amines) is 2. The minimum Gasteiger partial charge on any atom is -0.497 e. The number of hydrogen-bond donors (Lipinski definition) is 1. The number of ether oxygens (including phenoxy) is 2. The molecular weight excluding hydrogens is 450 g/mol. The molecule has 190 valence electrons. The van der Waals surface area contributed by atoms with E-state index in [0.29, 0.717) is 23.3 Å². The van der Waals surface area contributed by atoms with E-state index in [-0.39, 0.29) is 5.91 Å². The molecule has 6 nitrogen and oxygen atoms in total. The Bertz CT molecular complexity index is 1180. The van der Waals surface area contributed by atoms with Crippen molar-refractivity contribution in [3.63, 3.8) is 0 Å². The summed E-state index contributed by atoms with van der Waals surface area (Å²) in [6, 6.07) is 14.3. The van der Waals surface area contributed by atoms with E-state index in [4.69, 9.17) is 9.47 Å². The van der Waals surface area contributed by atoms with Gasteiger partial charge in [0.05, 0.1) is 14.2 Å². The number of piperidine rings is 2. The van der Waals surface area contributed by atoms with Gasteiger partial charge in [-0.1, -0.05) is 18.2 Å². The molecule has 0 aliphatic carbocycles. The smallest absolute Gasteiger partial charge is 0.246 e. The topological polar surface area (TPSA) is 57.8 Å². The summed E-state index contributed by atoms with van der Waals surface area (Å²) in [5.41, 5.74) is 3.62. The van der Waals surface area contributed by atoms with E-state index < -0.39 is 0 Å². The molecule has 3 heterocycles. The van der Waals surface area contributed by atoms with Crippen molar-refractivity contribution in [3.05, 3.63) is 65.9 Å². The number of amides is 1. The summed E-state index contributed by atoms with van der Waals surface area (Å²) in [6.07, 6.45) is 10.3. The molecule has 1 amide bonds. The molecule has 2 saturated heterocycles. The van der Waals surface area contributed by atoms with Gasteiger partial charge >= 0.3 is 0 Å². The van der Waals surface area contributed by atoms with Crippen LogP contribution in [-0.4, -0.2) is 67.6 Å². The van der Waals surface area contributed by atoms with E-state index in [1.165, 1.54) is 29.3 Å². The van der Waals surface area contributed by atoms with Crippen molar-refractivity contribution in [3.8, 4) is 11.5 Å². The average Bonchev–Trinajstić information content (AvgIpc) is 3.36. The van der Waals surface area contributed by atoms with Crippen LogP contribution < -0.4 is 9.47 Å². The first-order chi connectivity index (χ1) is 17.6. The number of fused-ring (bicyclic) bond motifs is 1. The maximum atomic E-state index is 12.8. The zero-order valence-corrected chi connectivity index (χ0v) is 21.4. The molecule has 36 heavy (non-hydrogen) atoms. The van der Waals surface area contributed by atoms with Crippen molar-refractivity contribution < 1.29 is 14.3 Å². The van der Waals surface area contributed by atoms with Crippen LogP contribution in [0.15, 0.2) is 54.7 Å². The average molecular weight is 488 g/mol. The van der Waals surface area contributed by atoms with Crippen LogP contribution >= 0.6 is 0 Å². The number of para-hydroxylation sites is 1. The third-order valence-corrected chi connectivity index (χ3v) is 7.88. The number of aromatic nitrogens is 1. The standard InChI is InChI=1S/C30H37N3O3/c1-35-25-17-23(18-26(19-25)36-2)7-8-30(34)33-15-9-22(10-16-33)21-32-13-11-24(12-14-32)28-20-31-29-6-4-3-5-27(28)29/h3-8,17-20,22,24,31H,9-16,21H2,1-2H3/b8-7+. The van der Waals surface area contributed by atoms with E-state index in [9.17, 15) is 4.79 Å². The molecule has 0 saturated carbocycles. The Labute approximate surface area is 213 Å². The van der Waals surface area contributed by atoms with Crippen molar-refractivity contribution >= 4 is 22.9 Å². The Hall–Kier alpha value is -3.25. The normalized spacial score (nSPS) is 18.2. The highest BCUT2D eigenvalue weighted by Gasteiger charge is 2.27. The number of carbonyl (C=O) groups excluding carboxylic acids is 1. The fraction of sp³-hybridized carbons (Fsp3) is 0.433. The number of nitrogens with one attached hydrogen (secondary N) is 1. The van der Waals surface area contributed by atoms with Gasteiger partial charge in [-0.2, -0.15) is 0 Å². The van der Waals surface area contributed by atoms with Crippen LogP contribution in [0.2, 0.25) is 0 Å². The summed E-state index contributed by atoms with van der Waals surface area (Å²) < 4.78 is 10.6. The lowest BCUT2D eigenvalue weighted by Gasteiger charge is -2.37. The minimum atomic E-state index is 0.0785. The number of aromatic amines is 1. The van der Waals surface area contributed by atoms with E-state index in [2.05, 4.69) is 40.3 Å². The highest BCUT2D eigenvalue weighted by atomic mass is 16.5. The second-order valence-corrected chi connectivity index (χ2v) is 10.1. The Kier molecular flexibility index (Phi) is 7.61. The Morgan fingerprint density at radius 2 is 1.67 bits per heavy atom. The van der Waals surface area contributed by atoms with Crippen LogP contribution in [0.5, 0.6) is 11.5 Å². The lowest BCUT2D eigenvalue weighted by atomic mass is 9.88. The van der Waals surface area contributed by atoms with Gasteiger partial charge in [0.1, 0.15) is 11.5 Å². The zero-order chi connectivity index (χ0) is 24.9. The monoisotopic (exact) mass is 487 g/mol. The van der Waals surface area contributed by atoms with Crippen LogP contribution in [0.1, 0.15) is 42.7 Å². The predicted octanol–water partition coefficient (Wildman–Crippen LogP) is 5.32. The van der Waals surface area contributed by atoms with Crippen LogP contribution in [-0.2, 0) is 4.79 Å². The van der Waals surface area contributed by atoms with Gasteiger partial charge < -0.3 is 24.3 Å². The second-order valence-electron chi connectivity index (χ2n) is 10.1. The van der Waals surface area contributed by atoms with Gasteiger partial charge in [0.25, 0.3) is 0 Å². The van der Waals surface area contributed by atoms with Gasteiger partial charge in [0.2, 0.25) is 5.91 Å². The summed E-state index contributed by atoms with van der Waals surface area (Å²) in [6.45, 7) is 5.15. The van der Waals surface area contributed by atoms with Crippen LogP contribution in [0.25, 0.3) is 17.0 Å². The van der Waals surface area contributed by atoms with Crippen LogP contribution in [0.3, 0.4) is 0 Å². The predicted molar refractivity (Wildman–Crippen MR) is 145 cm³/mol. The number of carbonyl (C=O) groups is 1. The number of H-pyrrole nitrogens is 1. The molecule has 0 radical (unpaired) electrons. The van der Waals surface area contributed by atoms with E-state index >= 15 is 0 Å². The molecule has 0 atom stereocenters. The third-order valence-electron chi connectivity index (χ3n) is 7.88. The van der Waals surface area contributed by atoms with Crippen LogP contribution in [0.4, 0.5) is 0 Å². The molecule has 2 fully saturated rings. The minimum absolute atomic E-state index is 0.0785. The highest BCUT2D eigenvalue weighted by Crippen LogP contribution is 2.33. The fourth-order valence-corrected chi connectivity index (χ4v) is 5.76. The number of hydrogen-bond acceptors (Lipinski definition) is 4. The number of benzene rings is 2. The first-order valence-electron chi connectivity index (χ1n) is 13.1. The molecular formula is C30H37N3O3. The first kappa shape index (κ1) is 24.4. The summed E-state index contributed by atoms with van der Waals surface area (Å²) in [5, 5.41) is 1.38. The lowest BCUT2D eigenvalue weighted by molar-refractivity contribution is -0.127. The van der Waals surface area contributed by atoms with E-state index in [1.54, 1.807) is 20.3 Å². The van der Waals surface area contributed by atoms with Gasteiger partial charge in [-0.3, -0.25) is 4.79 Å². The Morgan fingerprint density at radius 3 is 2.36 bits per heavy atom. The molecule has 2 aromatic carbocycles. The molecule has 1 N–H and O–H groups in total. The molecule has 3 aromatic rings. The number of methoxy groups -OCH3 is 2. The second kappa shape index (κ2) is 11.2. The van der Waals surface area contributed by atoms with E-state index in [0.717, 1.165) is 51.1 Å². The molecule has 6 heteroatoms. The largest absolute Gasteiger partial charge is 0.497 e. The summed E-state index contributed by atoms with van der Waals surface area (Å²) in [5.74, 6) is 2.83. The molecule has 0 unspecified atom stereocenters. The van der Waals surface area contributed by atoms with Crippen molar-refractivity contribution in [1.29, 1.82) is 0 Å². The molecule has 2 aliphatic rings. The zero-order valence-electron chi connectivity index (χ0n) is 21.4. The third kappa shape index (κ3) is 5.59. The van der Waals surface area contributed by atoms with Gasteiger partial charge in [-0.15, -0.1) is 0 Å². The summed E-state index contributed by atoms with van der Waals surface area (Å²) in [4.78, 5) is 20.8. The molecule has 2 aliphatic heterocycles. The van der Waals surface area contributed by atoms with Crippen molar-refractivity contribution in [2.75, 3.05) is 46.9 Å². The Morgan fingerprint density at radius 1 is 0.972 bits per heavy atom. The Balaban J connectivity index is 1.08. The number of nitrogens with zero attached hydrogens (tertiary/aromatic N) is 2. The van der Waals surface area contributed by atoms with Gasteiger partial charge in [0, 0.05) is 48.9 Å². The van der Waals surface area contributed by atoms with Gasteiger partial charge in [0.15, 0.2) is 0 Å². The highest BCUT2D eigenvalue weighted by molar-refractivity contribution is 5.92. The molecule has 5 rings (SSSR count). The van der Waals surface area contributed by atoms with Gasteiger partial charge in [-0.25, -0.2) is 0 Å². The first-order valence-corrected chi connectivity index (χ1v) is 13.1. The number of rotatable bonds is 7. The van der Waals surface area contributed by atoms with E-state index in [1.807, 2.05) is 29.2 Å². The lowest BCUT2D eigenvalue weighted by Crippen LogP contribution is -2.42. The fourth-order valence-electron chi connectivity index (χ4n) is 5.76. The quantitative estimate of drug-likeness (QED) is 0.459. The SMILES string of the molecule is COc1cc(/C=C/C(=O)N2CCC(CN3CCC(c4c[nH]c5ccccc45)CC3)CC2)cc(OC)c1. The van der Waals surface area contributed by atoms with Crippen molar-refractivity contribution in [2.45, 2.75) is 31.6 Å². The maximum Gasteiger partial charge on any atom is 0.246 e. The molecule has 1 aromatic heterocycles. The van der Waals surface area contributed by atoms with Crippen molar-refractivity contribution in [1.82, 2.24) is 14.8 Å². The summed E-state index contributed by atoms with van der Waals surface area (Å²) in [7, 11) is 3.26. The van der Waals surface area contributed by atoms with Crippen molar-refractivity contribution in [2.24, 2.45) is 5.92 Å². The molecule has 0 spiro atoms. The molecule has 0 bridgehead atoms. The maximum absolute atomic E-state index is 12.8. The van der Waals surface area contributed by atoms with Crippen LogP contribution in [0, 0.1) is 5.92 Å².